The molecule has 0 aliphatic heterocycles. The summed E-state index contributed by atoms with van der Waals surface area (Å²) in [5.41, 5.74) is 1.18. The molecule has 6 aromatic rings. The summed E-state index contributed by atoms with van der Waals surface area (Å²) in [7, 11) is -4.46. The summed E-state index contributed by atoms with van der Waals surface area (Å²) in [6, 6.07) is 44.4. The molecule has 0 aliphatic carbocycles. The Kier molecular flexibility index (Phi) is 14.2. The molecule has 6 rings (SSSR count). The van der Waals surface area contributed by atoms with E-state index in [0.717, 1.165) is 29.9 Å². The minimum absolute atomic E-state index is 0. The number of anilines is 2. The molecule has 0 aliphatic rings. The molecule has 274 valence electrons. The van der Waals surface area contributed by atoms with E-state index < -0.39 is 17.3 Å². The maximum atomic E-state index is 13.7. The SMILES string of the molecule is COc1ccc(N(C(=O)c2cnc[nH]2)c2ccc(Br)cc2)cc1S(=O)(=O)NCCCCCC[P+](c1ccccc1)(c1ccccc1)c1ccccc1.[Br-]. The number of carbonyl (C=O) groups is 1. The van der Waals surface area contributed by atoms with Gasteiger partial charge in [0.05, 0.1) is 31.5 Å². The number of H-pyrrole nitrogens is 1. The lowest BCUT2D eigenvalue weighted by molar-refractivity contribution is -0.0000206. The van der Waals surface area contributed by atoms with Crippen LogP contribution < -0.4 is 47.3 Å². The minimum Gasteiger partial charge on any atom is -1.00 e. The van der Waals surface area contributed by atoms with Crippen molar-refractivity contribution in [1.82, 2.24) is 14.7 Å². The number of rotatable bonds is 16. The number of aromatic amines is 1. The zero-order valence-corrected chi connectivity index (χ0v) is 34.1. The van der Waals surface area contributed by atoms with E-state index in [-0.39, 0.29) is 45.8 Å². The largest absolute Gasteiger partial charge is 1.00 e. The van der Waals surface area contributed by atoms with Crippen molar-refractivity contribution in [1.29, 1.82) is 0 Å². The Morgan fingerprint density at radius 1 is 0.774 bits per heavy atom. The molecule has 0 unspecified atom stereocenters. The third-order valence-corrected chi connectivity index (χ3v) is 15.6. The van der Waals surface area contributed by atoms with Crippen molar-refractivity contribution in [2.75, 3.05) is 24.7 Å². The first-order valence-electron chi connectivity index (χ1n) is 17.1. The van der Waals surface area contributed by atoms with E-state index in [0.29, 0.717) is 17.8 Å². The van der Waals surface area contributed by atoms with E-state index in [1.165, 1.54) is 46.5 Å². The summed E-state index contributed by atoms with van der Waals surface area (Å²) in [6.07, 6.45) is 7.40. The Morgan fingerprint density at radius 3 is 1.85 bits per heavy atom. The molecule has 53 heavy (non-hydrogen) atoms. The highest BCUT2D eigenvalue weighted by Crippen LogP contribution is 2.56. The highest BCUT2D eigenvalue weighted by molar-refractivity contribution is 9.10. The number of nitrogens with zero attached hydrogens (tertiary/aromatic N) is 2. The van der Waals surface area contributed by atoms with Crippen LogP contribution in [0.15, 0.2) is 155 Å². The molecule has 1 aromatic heterocycles. The first-order valence-corrected chi connectivity index (χ1v) is 21.4. The highest BCUT2D eigenvalue weighted by Gasteiger charge is 2.44. The average Bonchev–Trinajstić information content (AvgIpc) is 3.73. The molecule has 2 N–H and O–H groups in total. The molecule has 1 amide bonds. The fraction of sp³-hybridized carbons (Fsp3) is 0.171. The lowest BCUT2D eigenvalue weighted by Gasteiger charge is -2.27. The smallest absolute Gasteiger partial charge is 0.280 e. The molecule has 0 spiro atoms. The van der Waals surface area contributed by atoms with Crippen molar-refractivity contribution < 1.29 is 34.9 Å². The van der Waals surface area contributed by atoms with Crippen LogP contribution in [0.5, 0.6) is 5.75 Å². The Balaban J connectivity index is 0.00000541. The van der Waals surface area contributed by atoms with Gasteiger partial charge in [0.1, 0.15) is 39.5 Å². The second-order valence-corrected chi connectivity index (χ2v) is 18.5. The number of hydrogen-bond acceptors (Lipinski definition) is 5. The first-order chi connectivity index (χ1) is 25.3. The van der Waals surface area contributed by atoms with Crippen molar-refractivity contribution >= 4 is 66.4 Å². The third-order valence-electron chi connectivity index (χ3n) is 9.01. The van der Waals surface area contributed by atoms with E-state index in [1.807, 2.05) is 12.1 Å². The van der Waals surface area contributed by atoms with Gasteiger partial charge in [-0.05, 0) is 98.1 Å². The Morgan fingerprint density at radius 2 is 1.32 bits per heavy atom. The van der Waals surface area contributed by atoms with Crippen molar-refractivity contribution in [2.45, 2.75) is 30.6 Å². The lowest BCUT2D eigenvalue weighted by atomic mass is 10.2. The number of carbonyl (C=O) groups excluding carboxylic acids is 1. The number of methoxy groups -OCH3 is 1. The fourth-order valence-corrected chi connectivity index (χ4v) is 12.4. The molecule has 0 saturated carbocycles. The standard InChI is InChI=1S/C41H40BrN4O4PS.BrH/c1-50-39-26-25-34(46(33-23-21-32(42)22-24-33)41(47)38-30-43-31-44-38)29-40(39)52(48,49)45-27-13-2-3-14-28-51(35-15-7-4-8-16-35,36-17-9-5-10-18-36)37-19-11-6-12-20-37;/h4-12,15-26,29-31,45H,2-3,13-14,27-28H2,1H3;1H. The van der Waals surface area contributed by atoms with Crippen molar-refractivity contribution in [3.63, 3.8) is 0 Å². The van der Waals surface area contributed by atoms with E-state index in [9.17, 15) is 13.2 Å². The third kappa shape index (κ3) is 9.34. The molecular weight excluding hydrogens is 835 g/mol. The van der Waals surface area contributed by atoms with Gasteiger partial charge in [-0.1, -0.05) is 76.9 Å². The van der Waals surface area contributed by atoms with Crippen LogP contribution in [0.25, 0.3) is 0 Å². The van der Waals surface area contributed by atoms with Crippen molar-refractivity contribution in [2.24, 2.45) is 0 Å². The molecule has 0 radical (unpaired) electrons. The molecule has 0 bridgehead atoms. The van der Waals surface area contributed by atoms with Crippen LogP contribution in [0.1, 0.15) is 36.2 Å². The van der Waals surface area contributed by atoms with Gasteiger partial charge >= 0.3 is 0 Å². The molecule has 0 saturated heterocycles. The van der Waals surface area contributed by atoms with Crippen LogP contribution in [-0.4, -0.2) is 44.1 Å². The number of unbranched alkanes of at least 4 members (excludes halogenated alkanes) is 3. The van der Waals surface area contributed by atoms with Crippen LogP contribution in [0.2, 0.25) is 0 Å². The summed E-state index contributed by atoms with van der Waals surface area (Å²) >= 11 is 3.44. The van der Waals surface area contributed by atoms with Crippen LogP contribution in [0.4, 0.5) is 11.4 Å². The fourth-order valence-electron chi connectivity index (χ4n) is 6.48. The Labute approximate surface area is 331 Å². The van der Waals surface area contributed by atoms with Gasteiger partial charge < -0.3 is 26.7 Å². The quantitative estimate of drug-likeness (QED) is 0.105. The Hall–Kier alpha value is -4.12. The minimum atomic E-state index is -3.99. The van der Waals surface area contributed by atoms with Gasteiger partial charge in [-0.3, -0.25) is 9.69 Å². The maximum absolute atomic E-state index is 13.7. The molecule has 12 heteroatoms. The topological polar surface area (TPSA) is 104 Å². The zero-order valence-electron chi connectivity index (χ0n) is 29.2. The van der Waals surface area contributed by atoms with Gasteiger partial charge in [-0.15, -0.1) is 0 Å². The van der Waals surface area contributed by atoms with Crippen LogP contribution >= 0.6 is 23.2 Å². The number of sulfonamides is 1. The number of aromatic nitrogens is 2. The van der Waals surface area contributed by atoms with E-state index in [2.05, 4.69) is 122 Å². The predicted octanol–water partition coefficient (Wildman–Crippen LogP) is 5.00. The highest BCUT2D eigenvalue weighted by atomic mass is 79.9. The van der Waals surface area contributed by atoms with Gasteiger partial charge in [0.15, 0.2) is 0 Å². The van der Waals surface area contributed by atoms with E-state index in [1.54, 1.807) is 24.3 Å². The van der Waals surface area contributed by atoms with Crippen LogP contribution in [0, 0.1) is 0 Å². The average molecular weight is 877 g/mol. The summed E-state index contributed by atoms with van der Waals surface area (Å²) < 4.78 is 36.6. The molecular formula is C41H41Br2N4O4PS. The van der Waals surface area contributed by atoms with Crippen LogP contribution in [0.3, 0.4) is 0 Å². The van der Waals surface area contributed by atoms with Gasteiger partial charge in [0, 0.05) is 16.7 Å². The van der Waals surface area contributed by atoms with Gasteiger partial charge in [0.25, 0.3) is 5.91 Å². The number of hydrogen-bond donors (Lipinski definition) is 2. The predicted molar refractivity (Wildman–Crippen MR) is 216 cm³/mol. The van der Waals surface area contributed by atoms with Crippen LogP contribution in [-0.2, 0) is 10.0 Å². The second-order valence-electron chi connectivity index (χ2n) is 12.3. The van der Waals surface area contributed by atoms with Gasteiger partial charge in [-0.25, -0.2) is 18.1 Å². The van der Waals surface area contributed by atoms with Crippen molar-refractivity contribution in [3.05, 3.63) is 156 Å². The van der Waals surface area contributed by atoms with Gasteiger partial charge in [-0.2, -0.15) is 0 Å². The normalized spacial score (nSPS) is 11.4. The summed E-state index contributed by atoms with van der Waals surface area (Å²) in [4.78, 5) is 21.9. The molecule has 0 atom stereocenters. The second kappa shape index (κ2) is 18.8. The number of halogens is 2. The summed E-state index contributed by atoms with van der Waals surface area (Å²) in [5.74, 6) is -0.205. The Bertz CT molecular complexity index is 2060. The maximum Gasteiger partial charge on any atom is 0.280 e. The van der Waals surface area contributed by atoms with E-state index >= 15 is 0 Å². The lowest BCUT2D eigenvalue weighted by Crippen LogP contribution is -3.00. The number of ether oxygens (including phenoxy) is 1. The van der Waals surface area contributed by atoms with Gasteiger partial charge in [0.2, 0.25) is 10.0 Å². The number of benzene rings is 5. The number of nitrogens with one attached hydrogen (secondary N) is 2. The number of amides is 1. The van der Waals surface area contributed by atoms with Crippen molar-refractivity contribution in [3.8, 4) is 5.75 Å². The molecule has 8 nitrogen and oxygen atoms in total. The molecule has 0 fully saturated rings. The molecule has 1 heterocycles. The summed E-state index contributed by atoms with van der Waals surface area (Å²) in [6.45, 7) is 0.273. The van der Waals surface area contributed by atoms with E-state index in [4.69, 9.17) is 4.74 Å². The first kappa shape index (κ1) is 40.1. The summed E-state index contributed by atoms with van der Waals surface area (Å²) in [5, 5.41) is 4.09. The zero-order chi connectivity index (χ0) is 36.4. The monoisotopic (exact) mass is 874 g/mol. The number of imidazole rings is 1. The molecule has 5 aromatic carbocycles.